The predicted octanol–water partition coefficient (Wildman–Crippen LogP) is 0.224. The van der Waals surface area contributed by atoms with Crippen molar-refractivity contribution in [2.75, 3.05) is 19.7 Å². The van der Waals surface area contributed by atoms with Crippen LogP contribution in [0.1, 0.15) is 6.42 Å². The summed E-state index contributed by atoms with van der Waals surface area (Å²) in [7, 11) is 0. The minimum atomic E-state index is -2.67. The minimum absolute atomic E-state index is 0.155. The number of halogens is 2. The van der Waals surface area contributed by atoms with Crippen LogP contribution in [-0.2, 0) is 0 Å². The third-order valence-electron chi connectivity index (χ3n) is 1.84. The number of rotatable bonds is 1. The number of hydrogen-bond acceptors (Lipinski definition) is 2. The van der Waals surface area contributed by atoms with Crippen molar-refractivity contribution < 1.29 is 13.9 Å². The molecule has 0 saturated carbocycles. The monoisotopic (exact) mass is 151 g/mol. The minimum Gasteiger partial charge on any atom is -0.396 e. The highest BCUT2D eigenvalue weighted by molar-refractivity contribution is 4.83. The van der Waals surface area contributed by atoms with E-state index in [2.05, 4.69) is 5.32 Å². The summed E-state index contributed by atoms with van der Waals surface area (Å²) in [5.41, 5.74) is 0. The SMILES string of the molecule is OCC1CNCCC1(F)F. The molecule has 1 saturated heterocycles. The van der Waals surface area contributed by atoms with Crippen LogP contribution in [0.4, 0.5) is 8.78 Å². The molecule has 0 aliphatic carbocycles. The van der Waals surface area contributed by atoms with Crippen molar-refractivity contribution in [2.24, 2.45) is 5.92 Å². The molecular formula is C6H11F2NO. The van der Waals surface area contributed by atoms with Crippen LogP contribution in [0, 0.1) is 5.92 Å². The lowest BCUT2D eigenvalue weighted by atomic mass is 9.96. The van der Waals surface area contributed by atoms with Crippen molar-refractivity contribution in [3.8, 4) is 0 Å². The summed E-state index contributed by atoms with van der Waals surface area (Å²) in [5.74, 6) is -3.55. The molecule has 0 aromatic rings. The molecule has 2 N–H and O–H groups in total. The second-order valence-electron chi connectivity index (χ2n) is 2.59. The second-order valence-corrected chi connectivity index (χ2v) is 2.59. The van der Waals surface area contributed by atoms with Gasteiger partial charge >= 0.3 is 0 Å². The quantitative estimate of drug-likeness (QED) is 0.562. The maximum absolute atomic E-state index is 12.7. The molecule has 0 aromatic carbocycles. The number of hydrogen-bond donors (Lipinski definition) is 2. The number of aliphatic hydroxyl groups excluding tert-OH is 1. The highest BCUT2D eigenvalue weighted by atomic mass is 19.3. The third kappa shape index (κ3) is 1.44. The number of alkyl halides is 2. The lowest BCUT2D eigenvalue weighted by Gasteiger charge is -2.30. The summed E-state index contributed by atoms with van der Waals surface area (Å²) in [6, 6.07) is 0. The molecule has 1 aliphatic rings. The molecule has 0 aromatic heterocycles. The van der Waals surface area contributed by atoms with E-state index in [0.717, 1.165) is 0 Å². The Bertz CT molecular complexity index is 118. The summed E-state index contributed by atoms with van der Waals surface area (Å²) in [6.07, 6.45) is -0.155. The van der Waals surface area contributed by atoms with Crippen molar-refractivity contribution >= 4 is 0 Å². The first-order valence-electron chi connectivity index (χ1n) is 3.36. The molecular weight excluding hydrogens is 140 g/mol. The summed E-state index contributed by atoms with van der Waals surface area (Å²) in [6.45, 7) is 0.146. The Hall–Kier alpha value is -0.220. The van der Waals surface area contributed by atoms with Crippen LogP contribution in [0.2, 0.25) is 0 Å². The predicted molar refractivity (Wildman–Crippen MR) is 33.0 cm³/mol. The van der Waals surface area contributed by atoms with Crippen LogP contribution in [0.15, 0.2) is 0 Å². The van der Waals surface area contributed by atoms with Gasteiger partial charge in [-0.1, -0.05) is 0 Å². The standard InChI is InChI=1S/C6H11F2NO/c7-6(8)1-2-9-3-5(6)4-10/h5,9-10H,1-4H2. The Morgan fingerprint density at radius 2 is 2.30 bits per heavy atom. The van der Waals surface area contributed by atoms with Gasteiger partial charge in [0.2, 0.25) is 0 Å². The summed E-state index contributed by atoms with van der Waals surface area (Å²) < 4.78 is 25.3. The maximum atomic E-state index is 12.7. The molecule has 0 spiro atoms. The first kappa shape index (κ1) is 7.88. The van der Waals surface area contributed by atoms with Gasteiger partial charge in [0.25, 0.3) is 5.92 Å². The Kier molecular flexibility index (Phi) is 2.21. The molecule has 10 heavy (non-hydrogen) atoms. The Labute approximate surface area is 58.2 Å². The molecule has 0 amide bonds. The van der Waals surface area contributed by atoms with Crippen molar-refractivity contribution in [1.82, 2.24) is 5.32 Å². The van der Waals surface area contributed by atoms with E-state index in [9.17, 15) is 8.78 Å². The van der Waals surface area contributed by atoms with E-state index in [1.165, 1.54) is 0 Å². The highest BCUT2D eigenvalue weighted by Crippen LogP contribution is 2.29. The Morgan fingerprint density at radius 1 is 1.60 bits per heavy atom. The molecule has 1 unspecified atom stereocenters. The van der Waals surface area contributed by atoms with Gasteiger partial charge in [0.15, 0.2) is 0 Å². The second kappa shape index (κ2) is 2.80. The zero-order valence-electron chi connectivity index (χ0n) is 5.61. The van der Waals surface area contributed by atoms with Crippen molar-refractivity contribution in [3.05, 3.63) is 0 Å². The van der Waals surface area contributed by atoms with Gasteiger partial charge in [-0.25, -0.2) is 8.78 Å². The van der Waals surface area contributed by atoms with Gasteiger partial charge in [0, 0.05) is 19.5 Å². The lowest BCUT2D eigenvalue weighted by molar-refractivity contribution is -0.0936. The molecule has 4 heteroatoms. The zero-order chi connectivity index (χ0) is 7.61. The van der Waals surface area contributed by atoms with Gasteiger partial charge in [-0.3, -0.25) is 0 Å². The van der Waals surface area contributed by atoms with E-state index in [-0.39, 0.29) is 13.0 Å². The van der Waals surface area contributed by atoms with Gasteiger partial charge in [-0.05, 0) is 0 Å². The summed E-state index contributed by atoms with van der Waals surface area (Å²) >= 11 is 0. The topological polar surface area (TPSA) is 32.3 Å². The molecule has 1 aliphatic heterocycles. The van der Waals surface area contributed by atoms with Crippen molar-refractivity contribution in [2.45, 2.75) is 12.3 Å². The fraction of sp³-hybridized carbons (Fsp3) is 1.00. The van der Waals surface area contributed by atoms with Crippen molar-refractivity contribution in [1.29, 1.82) is 0 Å². The fourth-order valence-corrected chi connectivity index (χ4v) is 1.08. The average Bonchev–Trinajstić information content (AvgIpc) is 1.87. The van der Waals surface area contributed by atoms with Crippen LogP contribution in [0.3, 0.4) is 0 Å². The third-order valence-corrected chi connectivity index (χ3v) is 1.84. The summed E-state index contributed by atoms with van der Waals surface area (Å²) in [4.78, 5) is 0. The molecule has 1 heterocycles. The van der Waals surface area contributed by atoms with E-state index in [0.29, 0.717) is 6.54 Å². The van der Waals surface area contributed by atoms with Crippen LogP contribution in [-0.4, -0.2) is 30.7 Å². The maximum Gasteiger partial charge on any atom is 0.255 e. The van der Waals surface area contributed by atoms with Crippen LogP contribution >= 0.6 is 0 Å². The first-order valence-corrected chi connectivity index (χ1v) is 3.36. The van der Waals surface area contributed by atoms with Gasteiger partial charge < -0.3 is 10.4 Å². The largest absolute Gasteiger partial charge is 0.396 e. The number of piperidine rings is 1. The normalized spacial score (nSPS) is 32.1. The van der Waals surface area contributed by atoms with E-state index in [1.54, 1.807) is 0 Å². The fourth-order valence-electron chi connectivity index (χ4n) is 1.08. The average molecular weight is 151 g/mol. The van der Waals surface area contributed by atoms with Gasteiger partial charge in [0.1, 0.15) is 0 Å². The summed E-state index contributed by atoms with van der Waals surface area (Å²) in [5, 5.41) is 11.3. The number of aliphatic hydroxyl groups is 1. The Balaban J connectivity index is 2.51. The van der Waals surface area contributed by atoms with E-state index >= 15 is 0 Å². The zero-order valence-corrected chi connectivity index (χ0v) is 5.61. The molecule has 1 fully saturated rings. The van der Waals surface area contributed by atoms with E-state index in [1.807, 2.05) is 0 Å². The van der Waals surface area contributed by atoms with Crippen LogP contribution < -0.4 is 5.32 Å². The molecule has 0 bridgehead atoms. The molecule has 1 atom stereocenters. The van der Waals surface area contributed by atoms with E-state index < -0.39 is 18.4 Å². The molecule has 60 valence electrons. The highest BCUT2D eigenvalue weighted by Gasteiger charge is 2.40. The lowest BCUT2D eigenvalue weighted by Crippen LogP contribution is -2.46. The molecule has 0 radical (unpaired) electrons. The van der Waals surface area contributed by atoms with Gasteiger partial charge in [-0.15, -0.1) is 0 Å². The smallest absolute Gasteiger partial charge is 0.255 e. The Morgan fingerprint density at radius 3 is 2.70 bits per heavy atom. The van der Waals surface area contributed by atoms with Crippen LogP contribution in [0.25, 0.3) is 0 Å². The van der Waals surface area contributed by atoms with Gasteiger partial charge in [-0.2, -0.15) is 0 Å². The van der Waals surface area contributed by atoms with E-state index in [4.69, 9.17) is 5.11 Å². The number of nitrogens with one attached hydrogen (secondary N) is 1. The molecule has 1 rings (SSSR count). The molecule has 2 nitrogen and oxygen atoms in total. The van der Waals surface area contributed by atoms with Crippen LogP contribution in [0.5, 0.6) is 0 Å². The van der Waals surface area contributed by atoms with Gasteiger partial charge in [0.05, 0.1) is 12.5 Å². The van der Waals surface area contributed by atoms with Crippen molar-refractivity contribution in [3.63, 3.8) is 0 Å². The first-order chi connectivity index (χ1) is 4.67.